The number of benzene rings is 1. The summed E-state index contributed by atoms with van der Waals surface area (Å²) in [5.74, 6) is 0. The largest absolute Gasteiger partial charge is 0.448 e. The number of ether oxygens (including phenoxy) is 1. The average Bonchev–Trinajstić information content (AvgIpc) is 2.65. The molecule has 1 aliphatic rings. The summed E-state index contributed by atoms with van der Waals surface area (Å²) in [6.07, 6.45) is -0.987. The molecule has 1 aromatic rings. The van der Waals surface area contributed by atoms with Crippen LogP contribution < -0.4 is 0 Å². The maximum Gasteiger partial charge on any atom is 0.410 e. The van der Waals surface area contributed by atoms with Gasteiger partial charge in [-0.05, 0) is 18.1 Å². The second-order valence-corrected chi connectivity index (χ2v) is 3.93. The summed E-state index contributed by atoms with van der Waals surface area (Å²) < 4.78 is 4.81. The molecule has 0 aromatic heterocycles. The van der Waals surface area contributed by atoms with Gasteiger partial charge in [-0.25, -0.2) is 4.79 Å². The van der Waals surface area contributed by atoms with Crippen LogP contribution in [0, 0.1) is 6.92 Å². The Morgan fingerprint density at radius 3 is 2.88 bits per heavy atom. The van der Waals surface area contributed by atoms with Crippen molar-refractivity contribution in [3.05, 3.63) is 35.4 Å². The number of amides is 1. The molecule has 0 radical (unpaired) electrons. The molecule has 1 aliphatic heterocycles. The van der Waals surface area contributed by atoms with Gasteiger partial charge in [-0.15, -0.1) is 0 Å². The molecule has 1 unspecified atom stereocenters. The normalized spacial score (nSPS) is 17.4. The average molecular weight is 221 g/mol. The van der Waals surface area contributed by atoms with E-state index in [1.165, 1.54) is 4.90 Å². The zero-order chi connectivity index (χ0) is 11.5. The summed E-state index contributed by atoms with van der Waals surface area (Å²) >= 11 is 0. The van der Waals surface area contributed by atoms with Crippen LogP contribution in [0.15, 0.2) is 24.3 Å². The van der Waals surface area contributed by atoms with Crippen molar-refractivity contribution in [1.29, 1.82) is 0 Å². The van der Waals surface area contributed by atoms with Crippen LogP contribution in [0.25, 0.3) is 0 Å². The quantitative estimate of drug-likeness (QED) is 0.841. The number of aliphatic hydroxyl groups is 1. The number of carbonyl (C=O) groups is 1. The monoisotopic (exact) mass is 221 g/mol. The van der Waals surface area contributed by atoms with Gasteiger partial charge in [0.2, 0.25) is 0 Å². The van der Waals surface area contributed by atoms with E-state index in [0.29, 0.717) is 19.7 Å². The third kappa shape index (κ3) is 2.17. The van der Waals surface area contributed by atoms with Crippen LogP contribution in [-0.4, -0.2) is 35.8 Å². The van der Waals surface area contributed by atoms with Gasteiger partial charge in [0.1, 0.15) is 6.61 Å². The summed E-state index contributed by atoms with van der Waals surface area (Å²) in [5.41, 5.74) is 1.89. The molecule has 1 amide bonds. The van der Waals surface area contributed by atoms with Gasteiger partial charge in [-0.1, -0.05) is 24.3 Å². The fourth-order valence-electron chi connectivity index (χ4n) is 1.86. The number of aliphatic hydroxyl groups excluding tert-OH is 1. The minimum atomic E-state index is -0.646. The molecule has 0 saturated carbocycles. The van der Waals surface area contributed by atoms with Crippen molar-refractivity contribution in [3.63, 3.8) is 0 Å². The Morgan fingerprint density at radius 2 is 2.25 bits per heavy atom. The molecule has 4 nitrogen and oxygen atoms in total. The number of rotatable bonds is 3. The van der Waals surface area contributed by atoms with Crippen molar-refractivity contribution in [2.24, 2.45) is 0 Å². The van der Waals surface area contributed by atoms with E-state index >= 15 is 0 Å². The zero-order valence-electron chi connectivity index (χ0n) is 9.22. The molecule has 16 heavy (non-hydrogen) atoms. The van der Waals surface area contributed by atoms with Crippen molar-refractivity contribution in [3.8, 4) is 0 Å². The first-order valence-corrected chi connectivity index (χ1v) is 5.34. The van der Waals surface area contributed by atoms with Crippen LogP contribution in [0.5, 0.6) is 0 Å². The Bertz CT molecular complexity index is 392. The van der Waals surface area contributed by atoms with E-state index in [2.05, 4.69) is 0 Å². The highest BCUT2D eigenvalue weighted by molar-refractivity contribution is 5.69. The fourth-order valence-corrected chi connectivity index (χ4v) is 1.86. The maximum atomic E-state index is 11.2. The first kappa shape index (κ1) is 11.0. The van der Waals surface area contributed by atoms with Crippen molar-refractivity contribution in [2.75, 3.05) is 19.7 Å². The van der Waals surface area contributed by atoms with E-state index in [-0.39, 0.29) is 6.09 Å². The molecule has 1 N–H and O–H groups in total. The molecule has 1 atom stereocenters. The van der Waals surface area contributed by atoms with Gasteiger partial charge < -0.3 is 14.7 Å². The smallest absolute Gasteiger partial charge is 0.410 e. The number of carbonyl (C=O) groups excluding carboxylic acids is 1. The van der Waals surface area contributed by atoms with Gasteiger partial charge in [0.05, 0.1) is 19.2 Å². The van der Waals surface area contributed by atoms with Gasteiger partial charge in [0, 0.05) is 0 Å². The van der Waals surface area contributed by atoms with E-state index in [1.54, 1.807) is 0 Å². The minimum absolute atomic E-state index is 0.295. The van der Waals surface area contributed by atoms with Crippen molar-refractivity contribution < 1.29 is 14.6 Å². The van der Waals surface area contributed by atoms with E-state index < -0.39 is 6.10 Å². The lowest BCUT2D eigenvalue weighted by Gasteiger charge is -2.19. The molecule has 1 aromatic carbocycles. The third-order valence-electron chi connectivity index (χ3n) is 2.79. The maximum absolute atomic E-state index is 11.2. The Balaban J connectivity index is 2.05. The van der Waals surface area contributed by atoms with E-state index in [1.807, 2.05) is 31.2 Å². The molecule has 0 aliphatic carbocycles. The molecule has 2 rings (SSSR count). The molecule has 0 spiro atoms. The highest BCUT2D eigenvalue weighted by Gasteiger charge is 2.25. The van der Waals surface area contributed by atoms with Crippen LogP contribution in [0.3, 0.4) is 0 Å². The van der Waals surface area contributed by atoms with Gasteiger partial charge in [0.25, 0.3) is 0 Å². The number of hydrogen-bond acceptors (Lipinski definition) is 3. The van der Waals surface area contributed by atoms with Gasteiger partial charge in [-0.3, -0.25) is 0 Å². The Kier molecular flexibility index (Phi) is 3.10. The molecule has 1 saturated heterocycles. The summed E-state index contributed by atoms with van der Waals surface area (Å²) in [4.78, 5) is 12.7. The summed E-state index contributed by atoms with van der Waals surface area (Å²) in [6.45, 7) is 3.21. The van der Waals surface area contributed by atoms with E-state index in [0.717, 1.165) is 11.1 Å². The lowest BCUT2D eigenvalue weighted by Crippen LogP contribution is -2.29. The van der Waals surface area contributed by atoms with Gasteiger partial charge in [0.15, 0.2) is 0 Å². The van der Waals surface area contributed by atoms with Crippen LogP contribution in [0.1, 0.15) is 17.2 Å². The first-order valence-electron chi connectivity index (χ1n) is 5.34. The second kappa shape index (κ2) is 4.53. The van der Waals surface area contributed by atoms with Gasteiger partial charge >= 0.3 is 6.09 Å². The standard InChI is InChI=1S/C12H15NO3/c1-9-4-2-3-5-10(9)11(14)8-13-6-7-16-12(13)15/h2-5,11,14H,6-8H2,1H3. The van der Waals surface area contributed by atoms with Crippen LogP contribution in [-0.2, 0) is 4.74 Å². The molecule has 86 valence electrons. The molecule has 1 fully saturated rings. The van der Waals surface area contributed by atoms with Crippen molar-refractivity contribution in [1.82, 2.24) is 4.90 Å². The summed E-state index contributed by atoms with van der Waals surface area (Å²) in [6, 6.07) is 7.63. The van der Waals surface area contributed by atoms with Crippen LogP contribution in [0.2, 0.25) is 0 Å². The topological polar surface area (TPSA) is 49.8 Å². The number of aryl methyl sites for hydroxylation is 1. The Labute approximate surface area is 94.4 Å². The second-order valence-electron chi connectivity index (χ2n) is 3.93. The lowest BCUT2D eigenvalue weighted by atomic mass is 10.0. The van der Waals surface area contributed by atoms with Crippen LogP contribution >= 0.6 is 0 Å². The molecule has 1 heterocycles. The summed E-state index contributed by atoms with van der Waals surface area (Å²) in [5, 5.41) is 10.0. The Hall–Kier alpha value is -1.55. The van der Waals surface area contributed by atoms with E-state index in [9.17, 15) is 9.90 Å². The third-order valence-corrected chi connectivity index (χ3v) is 2.79. The number of nitrogens with zero attached hydrogens (tertiary/aromatic N) is 1. The van der Waals surface area contributed by atoms with Crippen molar-refractivity contribution in [2.45, 2.75) is 13.0 Å². The highest BCUT2D eigenvalue weighted by atomic mass is 16.6. The molecular weight excluding hydrogens is 206 g/mol. The van der Waals surface area contributed by atoms with Gasteiger partial charge in [-0.2, -0.15) is 0 Å². The molecular formula is C12H15NO3. The highest BCUT2D eigenvalue weighted by Crippen LogP contribution is 2.19. The summed E-state index contributed by atoms with van der Waals surface area (Å²) in [7, 11) is 0. The predicted molar refractivity (Wildman–Crippen MR) is 59.1 cm³/mol. The minimum Gasteiger partial charge on any atom is -0.448 e. The lowest BCUT2D eigenvalue weighted by molar-refractivity contribution is 0.118. The SMILES string of the molecule is Cc1ccccc1C(O)CN1CCOC1=O. The molecule has 0 bridgehead atoms. The first-order chi connectivity index (χ1) is 7.68. The zero-order valence-corrected chi connectivity index (χ0v) is 9.22. The predicted octanol–water partition coefficient (Wildman–Crippen LogP) is 1.48. The number of cyclic esters (lactones) is 1. The fraction of sp³-hybridized carbons (Fsp3) is 0.417. The Morgan fingerprint density at radius 1 is 1.50 bits per heavy atom. The number of hydrogen-bond donors (Lipinski definition) is 1. The van der Waals surface area contributed by atoms with E-state index in [4.69, 9.17) is 4.74 Å². The van der Waals surface area contributed by atoms with Crippen LogP contribution in [0.4, 0.5) is 4.79 Å². The molecule has 4 heteroatoms. The number of β-amino-alcohol motifs (C(OH)–C–C–N with tert-alkyl or cyclic N) is 1. The van der Waals surface area contributed by atoms with Crippen molar-refractivity contribution >= 4 is 6.09 Å².